The number of aromatic amines is 1. The maximum atomic E-state index is 11.9. The molecule has 6 heteroatoms. The monoisotopic (exact) mass is 316 g/mol. The lowest BCUT2D eigenvalue weighted by Gasteiger charge is -2.37. The zero-order chi connectivity index (χ0) is 16.3. The van der Waals surface area contributed by atoms with Crippen LogP contribution in [-0.4, -0.2) is 35.8 Å². The Hall–Kier alpha value is -2.21. The number of rotatable bonds is 6. The summed E-state index contributed by atoms with van der Waals surface area (Å²) in [5.41, 5.74) is 0.499. The first-order valence-corrected chi connectivity index (χ1v) is 7.77. The van der Waals surface area contributed by atoms with Crippen molar-refractivity contribution in [1.29, 1.82) is 0 Å². The van der Waals surface area contributed by atoms with Gasteiger partial charge in [-0.2, -0.15) is 0 Å². The number of benzene rings is 1. The van der Waals surface area contributed by atoms with Gasteiger partial charge in [-0.15, -0.1) is 0 Å². The average molecular weight is 316 g/mol. The summed E-state index contributed by atoms with van der Waals surface area (Å²) in [5, 5.41) is 0.576. The number of aromatic nitrogens is 2. The molecule has 0 unspecified atom stereocenters. The predicted octanol–water partition coefficient (Wildman–Crippen LogP) is 1.83. The average Bonchev–Trinajstić information content (AvgIpc) is 2.51. The van der Waals surface area contributed by atoms with E-state index in [2.05, 4.69) is 9.97 Å². The fourth-order valence-electron chi connectivity index (χ4n) is 2.51. The second-order valence-corrected chi connectivity index (χ2v) is 6.35. The van der Waals surface area contributed by atoms with E-state index in [-0.39, 0.29) is 16.9 Å². The molecule has 0 bridgehead atoms. The van der Waals surface area contributed by atoms with Crippen LogP contribution in [0.2, 0.25) is 0 Å². The number of nitrogens with zero attached hydrogens (tertiary/aromatic N) is 1. The van der Waals surface area contributed by atoms with Crippen LogP contribution in [-0.2, 0) is 20.7 Å². The number of carbonyl (C=O) groups excluding carboxylic acids is 1. The second kappa shape index (κ2) is 6.50. The van der Waals surface area contributed by atoms with Gasteiger partial charge in [-0.05, 0) is 18.6 Å². The van der Waals surface area contributed by atoms with Gasteiger partial charge in [-0.25, -0.2) is 4.98 Å². The highest BCUT2D eigenvalue weighted by molar-refractivity contribution is 5.77. The molecular weight excluding hydrogens is 296 g/mol. The first kappa shape index (κ1) is 15.7. The Kier molecular flexibility index (Phi) is 4.43. The molecule has 1 aliphatic heterocycles. The van der Waals surface area contributed by atoms with Crippen molar-refractivity contribution in [2.24, 2.45) is 5.41 Å². The van der Waals surface area contributed by atoms with Crippen LogP contribution in [0, 0.1) is 5.41 Å². The van der Waals surface area contributed by atoms with Crippen molar-refractivity contribution in [2.45, 2.75) is 26.2 Å². The van der Waals surface area contributed by atoms with Gasteiger partial charge in [0.05, 0.1) is 24.1 Å². The lowest BCUT2D eigenvalue weighted by molar-refractivity contribution is -0.165. The van der Waals surface area contributed by atoms with Gasteiger partial charge in [-0.1, -0.05) is 19.1 Å². The van der Waals surface area contributed by atoms with E-state index in [0.717, 1.165) is 0 Å². The molecule has 1 N–H and O–H groups in total. The maximum absolute atomic E-state index is 11.9. The minimum Gasteiger partial charge on any atom is -0.465 e. The van der Waals surface area contributed by atoms with E-state index >= 15 is 0 Å². The van der Waals surface area contributed by atoms with E-state index in [1.54, 1.807) is 6.07 Å². The van der Waals surface area contributed by atoms with Crippen LogP contribution in [0.4, 0.5) is 0 Å². The largest absolute Gasteiger partial charge is 0.465 e. The summed E-state index contributed by atoms with van der Waals surface area (Å²) >= 11 is 0. The molecule has 0 aliphatic carbocycles. The number of aryl methyl sites for hydroxylation is 1. The Morgan fingerprint density at radius 3 is 2.91 bits per heavy atom. The Balaban J connectivity index is 1.50. The third-order valence-electron chi connectivity index (χ3n) is 3.94. The van der Waals surface area contributed by atoms with Crippen molar-refractivity contribution >= 4 is 16.9 Å². The van der Waals surface area contributed by atoms with Gasteiger partial charge < -0.3 is 14.5 Å². The van der Waals surface area contributed by atoms with Crippen molar-refractivity contribution in [3.05, 3.63) is 40.4 Å². The smallest absolute Gasteiger partial charge is 0.305 e. The van der Waals surface area contributed by atoms with E-state index < -0.39 is 0 Å². The van der Waals surface area contributed by atoms with Crippen LogP contribution in [0.25, 0.3) is 10.9 Å². The number of H-pyrrole nitrogens is 1. The number of fused-ring (bicyclic) bond motifs is 1. The Labute approximate surface area is 133 Å². The van der Waals surface area contributed by atoms with E-state index in [1.165, 1.54) is 0 Å². The predicted molar refractivity (Wildman–Crippen MR) is 85.2 cm³/mol. The van der Waals surface area contributed by atoms with Gasteiger partial charge in [0.15, 0.2) is 0 Å². The number of hydrogen-bond acceptors (Lipinski definition) is 5. The van der Waals surface area contributed by atoms with E-state index in [4.69, 9.17) is 9.47 Å². The van der Waals surface area contributed by atoms with Crippen LogP contribution >= 0.6 is 0 Å². The molecule has 1 fully saturated rings. The fraction of sp³-hybridized carbons (Fsp3) is 0.471. The first-order chi connectivity index (χ1) is 11.1. The molecule has 2 aromatic rings. The van der Waals surface area contributed by atoms with Gasteiger partial charge >= 0.3 is 5.97 Å². The molecule has 0 atom stereocenters. The first-order valence-electron chi connectivity index (χ1n) is 7.77. The molecule has 6 nitrogen and oxygen atoms in total. The summed E-state index contributed by atoms with van der Waals surface area (Å²) in [7, 11) is 0. The van der Waals surface area contributed by atoms with Crippen molar-refractivity contribution in [1.82, 2.24) is 9.97 Å². The summed E-state index contributed by atoms with van der Waals surface area (Å²) in [4.78, 5) is 30.9. The molecule has 1 aromatic carbocycles. The zero-order valence-electron chi connectivity index (χ0n) is 13.1. The molecule has 1 aromatic heterocycles. The minimum absolute atomic E-state index is 0.0270. The SMILES string of the molecule is CC1(COC(=O)CCCc2nc3ccccc3c(=O)[nH]2)COC1. The number of ether oxygens (including phenoxy) is 2. The Bertz CT molecular complexity index is 765. The highest BCUT2D eigenvalue weighted by Crippen LogP contribution is 2.26. The highest BCUT2D eigenvalue weighted by Gasteiger charge is 2.34. The van der Waals surface area contributed by atoms with Crippen LogP contribution in [0.1, 0.15) is 25.6 Å². The number of nitrogens with one attached hydrogen (secondary N) is 1. The summed E-state index contributed by atoms with van der Waals surface area (Å²) < 4.78 is 10.4. The van der Waals surface area contributed by atoms with Crippen LogP contribution in [0.15, 0.2) is 29.1 Å². The Morgan fingerprint density at radius 1 is 1.39 bits per heavy atom. The fourth-order valence-corrected chi connectivity index (χ4v) is 2.51. The third kappa shape index (κ3) is 3.76. The number of hydrogen-bond donors (Lipinski definition) is 1. The van der Waals surface area contributed by atoms with Crippen LogP contribution in [0.3, 0.4) is 0 Å². The molecule has 3 rings (SSSR count). The molecule has 23 heavy (non-hydrogen) atoms. The molecule has 1 saturated heterocycles. The number of para-hydroxylation sites is 1. The number of carbonyl (C=O) groups is 1. The zero-order valence-corrected chi connectivity index (χ0v) is 13.1. The van der Waals surface area contributed by atoms with Crippen LogP contribution < -0.4 is 5.56 Å². The second-order valence-electron chi connectivity index (χ2n) is 6.35. The summed E-state index contributed by atoms with van der Waals surface area (Å²) in [6.07, 6.45) is 1.44. The Morgan fingerprint density at radius 2 is 2.17 bits per heavy atom. The van der Waals surface area contributed by atoms with E-state index in [1.807, 2.05) is 25.1 Å². The van der Waals surface area contributed by atoms with Gasteiger partial charge in [0.2, 0.25) is 0 Å². The molecule has 1 aliphatic rings. The molecule has 0 saturated carbocycles. The van der Waals surface area contributed by atoms with Gasteiger partial charge in [-0.3, -0.25) is 9.59 Å². The molecule has 122 valence electrons. The summed E-state index contributed by atoms with van der Waals surface area (Å²) in [5.74, 6) is 0.377. The normalized spacial score (nSPS) is 16.0. The highest BCUT2D eigenvalue weighted by atomic mass is 16.5. The van der Waals surface area contributed by atoms with Crippen molar-refractivity contribution < 1.29 is 14.3 Å². The van der Waals surface area contributed by atoms with Gasteiger partial charge in [0, 0.05) is 18.3 Å². The summed E-state index contributed by atoms with van der Waals surface area (Å²) in [6, 6.07) is 7.21. The third-order valence-corrected chi connectivity index (χ3v) is 3.94. The lowest BCUT2D eigenvalue weighted by atomic mass is 9.90. The molecule has 0 radical (unpaired) electrons. The van der Waals surface area contributed by atoms with Gasteiger partial charge in [0.1, 0.15) is 12.4 Å². The summed E-state index contributed by atoms with van der Waals surface area (Å²) in [6.45, 7) is 3.72. The van der Waals surface area contributed by atoms with Crippen molar-refractivity contribution in [3.63, 3.8) is 0 Å². The molecule has 0 amide bonds. The number of esters is 1. The van der Waals surface area contributed by atoms with E-state index in [9.17, 15) is 9.59 Å². The molecule has 0 spiro atoms. The molecule has 2 heterocycles. The maximum Gasteiger partial charge on any atom is 0.305 e. The van der Waals surface area contributed by atoms with Gasteiger partial charge in [0.25, 0.3) is 5.56 Å². The lowest BCUT2D eigenvalue weighted by Crippen LogP contribution is -2.44. The van der Waals surface area contributed by atoms with E-state index in [0.29, 0.717) is 55.8 Å². The molecular formula is C17H20N2O4. The standard InChI is InChI=1S/C17H20N2O4/c1-17(9-22-10-17)11-23-15(20)8-4-7-14-18-13-6-3-2-5-12(13)16(21)19-14/h2-3,5-6H,4,7-11H2,1H3,(H,18,19,21). The minimum atomic E-state index is -0.221. The topological polar surface area (TPSA) is 81.3 Å². The van der Waals surface area contributed by atoms with Crippen LogP contribution in [0.5, 0.6) is 0 Å². The quantitative estimate of drug-likeness (QED) is 0.822. The van der Waals surface area contributed by atoms with Crippen molar-refractivity contribution in [2.75, 3.05) is 19.8 Å². The van der Waals surface area contributed by atoms with Crippen molar-refractivity contribution in [3.8, 4) is 0 Å².